The molecule has 0 bridgehead atoms. The molecule has 4 rings (SSSR count). The Bertz CT molecular complexity index is 1010. The molecule has 1 atom stereocenters. The second-order valence-electron chi connectivity index (χ2n) is 6.08. The van der Waals surface area contributed by atoms with Crippen molar-refractivity contribution in [3.05, 3.63) is 94.9 Å². The van der Waals surface area contributed by atoms with Gasteiger partial charge in [0, 0.05) is 45.3 Å². The first-order chi connectivity index (χ1) is 12.2. The average molecular weight is 348 g/mol. The van der Waals surface area contributed by atoms with Gasteiger partial charge in [-0.3, -0.25) is 4.98 Å². The van der Waals surface area contributed by atoms with Crippen molar-refractivity contribution in [2.24, 2.45) is 0 Å². The molecular weight excluding hydrogens is 330 g/mol. The zero-order chi connectivity index (χ0) is 17.2. The van der Waals surface area contributed by atoms with Crippen LogP contribution in [0.3, 0.4) is 0 Å². The van der Waals surface area contributed by atoms with Gasteiger partial charge in [0.15, 0.2) is 0 Å². The Kier molecular flexibility index (Phi) is 4.16. The molecule has 2 N–H and O–H groups in total. The molecule has 0 amide bonds. The lowest BCUT2D eigenvalue weighted by Gasteiger charge is -2.21. The molecule has 0 spiro atoms. The van der Waals surface area contributed by atoms with Gasteiger partial charge in [0.1, 0.15) is 0 Å². The summed E-state index contributed by atoms with van der Waals surface area (Å²) in [7, 11) is 0. The van der Waals surface area contributed by atoms with Crippen molar-refractivity contribution in [3.63, 3.8) is 0 Å². The van der Waals surface area contributed by atoms with Crippen LogP contribution in [-0.4, -0.2) is 9.97 Å². The van der Waals surface area contributed by atoms with Gasteiger partial charge in [-0.1, -0.05) is 35.9 Å². The number of anilines is 1. The molecule has 0 radical (unpaired) electrons. The highest BCUT2D eigenvalue weighted by atomic mass is 35.5. The Hall–Kier alpha value is -2.78. The molecule has 4 heteroatoms. The van der Waals surface area contributed by atoms with E-state index in [0.717, 1.165) is 22.5 Å². The van der Waals surface area contributed by atoms with E-state index in [-0.39, 0.29) is 6.04 Å². The number of halogens is 1. The van der Waals surface area contributed by atoms with Crippen LogP contribution in [0.4, 0.5) is 5.69 Å². The number of H-pyrrole nitrogens is 1. The Morgan fingerprint density at radius 1 is 1.00 bits per heavy atom. The number of benzene rings is 2. The molecule has 0 aliphatic carbocycles. The molecule has 2 aromatic carbocycles. The van der Waals surface area contributed by atoms with Crippen molar-refractivity contribution in [3.8, 4) is 0 Å². The molecule has 4 aromatic rings. The molecule has 0 aliphatic rings. The predicted molar refractivity (Wildman–Crippen MR) is 104 cm³/mol. The number of aromatic nitrogens is 2. The molecule has 2 aromatic heterocycles. The Labute approximate surface area is 151 Å². The van der Waals surface area contributed by atoms with E-state index >= 15 is 0 Å². The lowest BCUT2D eigenvalue weighted by Crippen LogP contribution is -2.13. The quantitative estimate of drug-likeness (QED) is 0.495. The van der Waals surface area contributed by atoms with Gasteiger partial charge in [-0.2, -0.15) is 0 Å². The van der Waals surface area contributed by atoms with E-state index in [4.69, 9.17) is 11.6 Å². The van der Waals surface area contributed by atoms with Crippen LogP contribution in [-0.2, 0) is 0 Å². The van der Waals surface area contributed by atoms with Crippen molar-refractivity contribution < 1.29 is 0 Å². The number of para-hydroxylation sites is 1. The standard InChI is InChI=1S/C21H18ClN3/c1-14-20(18-7-2-3-8-19(18)24-14)21(15-9-11-23-12-10-15)25-17-6-4-5-16(22)13-17/h2-13,21,24-25H,1H3/t21-/m0/s1. The molecule has 0 saturated carbocycles. The number of hydrogen-bond donors (Lipinski definition) is 2. The van der Waals surface area contributed by atoms with E-state index in [0.29, 0.717) is 5.02 Å². The highest BCUT2D eigenvalue weighted by molar-refractivity contribution is 6.30. The molecule has 0 unspecified atom stereocenters. The third kappa shape index (κ3) is 3.11. The van der Waals surface area contributed by atoms with Crippen LogP contribution >= 0.6 is 11.6 Å². The van der Waals surface area contributed by atoms with Gasteiger partial charge in [-0.25, -0.2) is 0 Å². The minimum Gasteiger partial charge on any atom is -0.374 e. The van der Waals surface area contributed by atoms with E-state index in [1.165, 1.54) is 10.9 Å². The largest absolute Gasteiger partial charge is 0.374 e. The molecule has 0 fully saturated rings. The van der Waals surface area contributed by atoms with Gasteiger partial charge in [0.2, 0.25) is 0 Å². The molecule has 0 aliphatic heterocycles. The second kappa shape index (κ2) is 6.61. The summed E-state index contributed by atoms with van der Waals surface area (Å²) in [5, 5.41) is 5.57. The summed E-state index contributed by atoms with van der Waals surface area (Å²) < 4.78 is 0. The van der Waals surface area contributed by atoms with Gasteiger partial charge in [0.05, 0.1) is 6.04 Å². The summed E-state index contributed by atoms with van der Waals surface area (Å²) in [6.07, 6.45) is 3.65. The van der Waals surface area contributed by atoms with E-state index in [9.17, 15) is 0 Å². The molecule has 2 heterocycles. The lowest BCUT2D eigenvalue weighted by molar-refractivity contribution is 0.928. The van der Waals surface area contributed by atoms with Crippen LogP contribution in [0.25, 0.3) is 10.9 Å². The lowest BCUT2D eigenvalue weighted by atomic mass is 9.96. The summed E-state index contributed by atoms with van der Waals surface area (Å²) in [5.74, 6) is 0. The molecular formula is C21H18ClN3. The maximum atomic E-state index is 6.17. The van der Waals surface area contributed by atoms with E-state index in [2.05, 4.69) is 40.4 Å². The minimum atomic E-state index is -0.00221. The van der Waals surface area contributed by atoms with Crippen LogP contribution in [0, 0.1) is 6.92 Å². The SMILES string of the molecule is Cc1[nH]c2ccccc2c1[C@@H](Nc1cccc(Cl)c1)c1ccncc1. The monoisotopic (exact) mass is 347 g/mol. The number of aromatic amines is 1. The van der Waals surface area contributed by atoms with Gasteiger partial charge < -0.3 is 10.3 Å². The highest BCUT2D eigenvalue weighted by Gasteiger charge is 2.20. The number of hydrogen-bond acceptors (Lipinski definition) is 2. The van der Waals surface area contributed by atoms with Gasteiger partial charge in [0.25, 0.3) is 0 Å². The summed E-state index contributed by atoms with van der Waals surface area (Å²) in [6.45, 7) is 2.11. The van der Waals surface area contributed by atoms with Crippen LogP contribution in [0.1, 0.15) is 22.9 Å². The fourth-order valence-corrected chi connectivity index (χ4v) is 3.48. The Morgan fingerprint density at radius 3 is 2.60 bits per heavy atom. The zero-order valence-corrected chi connectivity index (χ0v) is 14.6. The number of fused-ring (bicyclic) bond motifs is 1. The number of pyridine rings is 1. The maximum Gasteiger partial charge on any atom is 0.0792 e. The number of aryl methyl sites for hydroxylation is 1. The topological polar surface area (TPSA) is 40.7 Å². The third-order valence-electron chi connectivity index (χ3n) is 4.41. The van der Waals surface area contributed by atoms with E-state index < -0.39 is 0 Å². The first-order valence-corrected chi connectivity index (χ1v) is 8.59. The summed E-state index contributed by atoms with van der Waals surface area (Å²) in [5.41, 5.74) is 5.67. The van der Waals surface area contributed by atoms with Gasteiger partial charge >= 0.3 is 0 Å². The Balaban J connectivity index is 1.87. The van der Waals surface area contributed by atoms with Crippen molar-refractivity contribution in [1.82, 2.24) is 9.97 Å². The molecule has 124 valence electrons. The summed E-state index contributed by atoms with van der Waals surface area (Å²) in [4.78, 5) is 7.65. The van der Waals surface area contributed by atoms with Crippen LogP contribution < -0.4 is 5.32 Å². The van der Waals surface area contributed by atoms with Gasteiger partial charge in [-0.05, 0) is 48.9 Å². The molecule has 3 nitrogen and oxygen atoms in total. The average Bonchev–Trinajstić information content (AvgIpc) is 2.96. The molecule has 25 heavy (non-hydrogen) atoms. The normalized spacial score (nSPS) is 12.2. The smallest absolute Gasteiger partial charge is 0.0792 e. The summed E-state index contributed by atoms with van der Waals surface area (Å²) in [6, 6.07) is 20.3. The summed E-state index contributed by atoms with van der Waals surface area (Å²) >= 11 is 6.17. The minimum absolute atomic E-state index is 0.00221. The van der Waals surface area contributed by atoms with Crippen molar-refractivity contribution >= 4 is 28.2 Å². The number of nitrogens with one attached hydrogen (secondary N) is 2. The van der Waals surface area contributed by atoms with Crippen molar-refractivity contribution in [2.45, 2.75) is 13.0 Å². The maximum absolute atomic E-state index is 6.17. The van der Waals surface area contributed by atoms with Crippen LogP contribution in [0.5, 0.6) is 0 Å². The Morgan fingerprint density at radius 2 is 1.80 bits per heavy atom. The fourth-order valence-electron chi connectivity index (χ4n) is 3.29. The first-order valence-electron chi connectivity index (χ1n) is 8.21. The van der Waals surface area contributed by atoms with Crippen molar-refractivity contribution in [1.29, 1.82) is 0 Å². The van der Waals surface area contributed by atoms with Crippen LogP contribution in [0.15, 0.2) is 73.1 Å². The first kappa shape index (κ1) is 15.7. The molecule has 0 saturated heterocycles. The second-order valence-corrected chi connectivity index (χ2v) is 6.51. The zero-order valence-electron chi connectivity index (χ0n) is 13.8. The number of nitrogens with zero attached hydrogens (tertiary/aromatic N) is 1. The van der Waals surface area contributed by atoms with Gasteiger partial charge in [-0.15, -0.1) is 0 Å². The van der Waals surface area contributed by atoms with Crippen LogP contribution in [0.2, 0.25) is 5.02 Å². The van der Waals surface area contributed by atoms with E-state index in [1.54, 1.807) is 0 Å². The number of rotatable bonds is 4. The van der Waals surface area contributed by atoms with Crippen molar-refractivity contribution in [2.75, 3.05) is 5.32 Å². The third-order valence-corrected chi connectivity index (χ3v) is 4.64. The van der Waals surface area contributed by atoms with E-state index in [1.807, 2.05) is 54.9 Å². The highest BCUT2D eigenvalue weighted by Crippen LogP contribution is 2.34. The predicted octanol–water partition coefficient (Wildman–Crippen LogP) is 5.73. The fraction of sp³-hybridized carbons (Fsp3) is 0.0952.